The first-order chi connectivity index (χ1) is 4.16. The number of ketones is 1. The Balaban J connectivity index is 3.78. The molecule has 0 aliphatic heterocycles. The van der Waals surface area contributed by atoms with E-state index in [4.69, 9.17) is 10.4 Å². The SMILES string of the molecule is [N-]=[N+]=CC(=O)C[PH](=O)O. The van der Waals surface area contributed by atoms with Crippen molar-refractivity contribution in [3.05, 3.63) is 5.53 Å². The number of hydrogen-bond donors (Lipinski definition) is 1. The minimum Gasteiger partial charge on any atom is -0.361 e. The molecule has 0 aromatic heterocycles. The summed E-state index contributed by atoms with van der Waals surface area (Å²) in [5.41, 5.74) is 7.73. The van der Waals surface area contributed by atoms with Crippen molar-refractivity contribution >= 4 is 20.0 Å². The van der Waals surface area contributed by atoms with Crippen LogP contribution in [0.2, 0.25) is 0 Å². The monoisotopic (exact) mass is 148 g/mol. The zero-order valence-electron chi connectivity index (χ0n) is 4.44. The van der Waals surface area contributed by atoms with Gasteiger partial charge in [0.25, 0.3) is 0 Å². The van der Waals surface area contributed by atoms with Crippen molar-refractivity contribution in [2.75, 3.05) is 6.16 Å². The van der Waals surface area contributed by atoms with E-state index in [0.717, 1.165) is 0 Å². The highest BCUT2D eigenvalue weighted by Gasteiger charge is 2.04. The molecule has 0 rings (SSSR count). The van der Waals surface area contributed by atoms with Crippen LogP contribution in [0.3, 0.4) is 0 Å². The van der Waals surface area contributed by atoms with Crippen LogP contribution >= 0.6 is 8.03 Å². The highest BCUT2D eigenvalue weighted by Crippen LogP contribution is 2.10. The highest BCUT2D eigenvalue weighted by atomic mass is 31.1. The van der Waals surface area contributed by atoms with Gasteiger partial charge < -0.3 is 10.4 Å². The molecule has 0 aliphatic rings. The molecule has 50 valence electrons. The Hall–Kier alpha value is -0.760. The van der Waals surface area contributed by atoms with Crippen LogP contribution in [-0.4, -0.2) is 27.8 Å². The topological polar surface area (TPSA) is 90.8 Å². The van der Waals surface area contributed by atoms with Gasteiger partial charge in [-0.05, 0) is 0 Å². The Bertz CT molecular complexity index is 183. The molecule has 0 bridgehead atoms. The van der Waals surface area contributed by atoms with E-state index in [1.807, 2.05) is 0 Å². The number of carbonyl (C=O) groups is 1. The Morgan fingerprint density at radius 3 is 2.78 bits per heavy atom. The van der Waals surface area contributed by atoms with E-state index < -0.39 is 20.0 Å². The number of carbonyl (C=O) groups excluding carboxylic acids is 1. The van der Waals surface area contributed by atoms with Crippen molar-refractivity contribution in [3.63, 3.8) is 0 Å². The second kappa shape index (κ2) is 4.15. The van der Waals surface area contributed by atoms with Crippen molar-refractivity contribution in [3.8, 4) is 0 Å². The first-order valence-corrected chi connectivity index (χ1v) is 3.65. The van der Waals surface area contributed by atoms with Gasteiger partial charge in [-0.25, -0.2) is 0 Å². The van der Waals surface area contributed by atoms with Crippen molar-refractivity contribution in [1.29, 1.82) is 0 Å². The first kappa shape index (κ1) is 8.24. The van der Waals surface area contributed by atoms with Crippen LogP contribution in [0.5, 0.6) is 0 Å². The second-order valence-corrected chi connectivity index (χ2v) is 2.42. The molecule has 0 spiro atoms. The van der Waals surface area contributed by atoms with Crippen molar-refractivity contribution in [2.45, 2.75) is 0 Å². The fourth-order valence-corrected chi connectivity index (χ4v) is 0.648. The van der Waals surface area contributed by atoms with Crippen LogP contribution in [0, 0.1) is 0 Å². The van der Waals surface area contributed by atoms with Crippen molar-refractivity contribution < 1.29 is 19.0 Å². The van der Waals surface area contributed by atoms with Gasteiger partial charge in [0.05, 0.1) is 6.16 Å². The van der Waals surface area contributed by atoms with Gasteiger partial charge >= 0.3 is 6.21 Å². The standard InChI is InChI=1S/C3H5N2O3P/c4-5-1-3(6)2-9(7)8/h1,9H,2H2,(H,7,8). The number of rotatable bonds is 3. The van der Waals surface area contributed by atoms with Gasteiger partial charge in [0.1, 0.15) is 0 Å². The van der Waals surface area contributed by atoms with Crippen molar-refractivity contribution in [1.82, 2.24) is 0 Å². The van der Waals surface area contributed by atoms with Crippen LogP contribution in [0.1, 0.15) is 0 Å². The van der Waals surface area contributed by atoms with Crippen molar-refractivity contribution in [2.24, 2.45) is 0 Å². The lowest BCUT2D eigenvalue weighted by Crippen LogP contribution is -2.02. The first-order valence-electron chi connectivity index (χ1n) is 2.09. The molecule has 0 saturated heterocycles. The van der Waals surface area contributed by atoms with Gasteiger partial charge in [-0.2, -0.15) is 4.79 Å². The van der Waals surface area contributed by atoms with Gasteiger partial charge in [0.15, 0.2) is 8.03 Å². The third kappa shape index (κ3) is 5.11. The molecule has 0 saturated carbocycles. The molecule has 0 radical (unpaired) electrons. The molecule has 6 heteroatoms. The van der Waals surface area contributed by atoms with Gasteiger partial charge in [-0.15, -0.1) is 0 Å². The van der Waals surface area contributed by atoms with Gasteiger partial charge in [-0.3, -0.25) is 9.36 Å². The van der Waals surface area contributed by atoms with Crippen LogP contribution < -0.4 is 0 Å². The average Bonchev–Trinajstić information content (AvgIpc) is 1.63. The maximum absolute atomic E-state index is 10.2. The largest absolute Gasteiger partial charge is 0.361 e. The Labute approximate surface area is 51.8 Å². The fraction of sp³-hybridized carbons (Fsp3) is 0.333. The molecule has 9 heavy (non-hydrogen) atoms. The van der Waals surface area contributed by atoms with Crippen LogP contribution in [-0.2, 0) is 9.36 Å². The number of Topliss-reactive ketones (excluding diaryl/α,β-unsaturated/α-hetero) is 1. The third-order valence-corrected chi connectivity index (χ3v) is 1.18. The molecule has 0 aromatic rings. The lowest BCUT2D eigenvalue weighted by molar-refractivity contribution is -0.113. The quantitative estimate of drug-likeness (QED) is 0.249. The molecule has 1 atom stereocenters. The summed E-state index contributed by atoms with van der Waals surface area (Å²) in [6, 6.07) is 0. The zero-order chi connectivity index (χ0) is 7.28. The Morgan fingerprint density at radius 2 is 2.44 bits per heavy atom. The summed E-state index contributed by atoms with van der Waals surface area (Å²) < 4.78 is 9.91. The molecule has 0 fully saturated rings. The number of nitrogens with zero attached hydrogens (tertiary/aromatic N) is 2. The highest BCUT2D eigenvalue weighted by molar-refractivity contribution is 7.39. The third-order valence-electron chi connectivity index (χ3n) is 0.527. The molecule has 1 N–H and O–H groups in total. The predicted octanol–water partition coefficient (Wildman–Crippen LogP) is -0.677. The molecular formula is C3H5N2O3P. The second-order valence-electron chi connectivity index (χ2n) is 1.28. The molecular weight excluding hydrogens is 143 g/mol. The number of hydrogen-bond acceptors (Lipinski definition) is 2. The summed E-state index contributed by atoms with van der Waals surface area (Å²) in [5.74, 6) is -0.649. The van der Waals surface area contributed by atoms with E-state index in [2.05, 4.69) is 4.79 Å². The van der Waals surface area contributed by atoms with Crippen LogP contribution in [0.4, 0.5) is 0 Å². The minimum atomic E-state index is -2.76. The molecule has 0 aromatic carbocycles. The average molecular weight is 148 g/mol. The smallest absolute Gasteiger partial charge is 0.323 e. The minimum absolute atomic E-state index is 0.450. The van der Waals surface area contributed by atoms with E-state index >= 15 is 0 Å². The zero-order valence-corrected chi connectivity index (χ0v) is 5.44. The maximum atomic E-state index is 10.2. The Kier molecular flexibility index (Phi) is 3.80. The summed E-state index contributed by atoms with van der Waals surface area (Å²) >= 11 is 0. The fourth-order valence-electron chi connectivity index (χ4n) is 0.259. The van der Waals surface area contributed by atoms with E-state index in [1.54, 1.807) is 0 Å². The summed E-state index contributed by atoms with van der Waals surface area (Å²) in [7, 11) is -2.76. The lowest BCUT2D eigenvalue weighted by Gasteiger charge is -1.80. The maximum Gasteiger partial charge on any atom is 0.323 e. The summed E-state index contributed by atoms with van der Waals surface area (Å²) in [4.78, 5) is 20.7. The Morgan fingerprint density at radius 1 is 1.89 bits per heavy atom. The molecule has 0 aliphatic carbocycles. The lowest BCUT2D eigenvalue weighted by atomic mass is 10.5. The van der Waals surface area contributed by atoms with Gasteiger partial charge in [0.2, 0.25) is 5.78 Å². The normalized spacial score (nSPS) is 11.7. The summed E-state index contributed by atoms with van der Waals surface area (Å²) in [6.07, 6.45) is 0.146. The van der Waals surface area contributed by atoms with Crippen LogP contribution in [0.15, 0.2) is 0 Å². The van der Waals surface area contributed by atoms with E-state index in [1.165, 1.54) is 0 Å². The molecule has 0 heterocycles. The summed E-state index contributed by atoms with van der Waals surface area (Å²) in [5, 5.41) is 0. The van der Waals surface area contributed by atoms with E-state index in [-0.39, 0.29) is 0 Å². The molecule has 5 nitrogen and oxygen atoms in total. The van der Waals surface area contributed by atoms with Gasteiger partial charge in [-0.1, -0.05) is 0 Å². The van der Waals surface area contributed by atoms with E-state index in [0.29, 0.717) is 6.21 Å². The van der Waals surface area contributed by atoms with E-state index in [9.17, 15) is 9.36 Å². The van der Waals surface area contributed by atoms with Gasteiger partial charge in [0, 0.05) is 0 Å². The molecule has 0 amide bonds. The molecule has 1 unspecified atom stereocenters. The predicted molar refractivity (Wildman–Crippen MR) is 30.8 cm³/mol. The van der Waals surface area contributed by atoms with Crippen LogP contribution in [0.25, 0.3) is 5.53 Å². The summed E-state index contributed by atoms with van der Waals surface area (Å²) in [6.45, 7) is 0.